The van der Waals surface area contributed by atoms with Crippen LogP contribution in [0.15, 0.2) is 28.8 Å². The van der Waals surface area contributed by atoms with Gasteiger partial charge in [-0.25, -0.2) is 9.18 Å². The summed E-state index contributed by atoms with van der Waals surface area (Å²) in [6.07, 6.45) is 0. The number of nitrogens with zero attached hydrogens (tertiary/aromatic N) is 2. The molecular weight excluding hydrogens is 319 g/mol. The van der Waals surface area contributed by atoms with Crippen molar-refractivity contribution in [2.75, 3.05) is 4.90 Å². The first-order chi connectivity index (χ1) is 11.4. The maximum absolute atomic E-state index is 13.7. The van der Waals surface area contributed by atoms with Gasteiger partial charge in [-0.15, -0.1) is 0 Å². The molecule has 2 N–H and O–H groups in total. The number of anilines is 1. The van der Waals surface area contributed by atoms with Crippen LogP contribution < -0.4 is 15.5 Å². The van der Waals surface area contributed by atoms with Crippen LogP contribution in [-0.4, -0.2) is 23.0 Å². The molecule has 8 nitrogen and oxygen atoms in total. The number of urea groups is 1. The van der Waals surface area contributed by atoms with Gasteiger partial charge in [-0.2, -0.15) is 0 Å². The first-order valence-corrected chi connectivity index (χ1v) is 7.09. The van der Waals surface area contributed by atoms with Crippen LogP contribution in [0.2, 0.25) is 0 Å². The Morgan fingerprint density at radius 1 is 1.29 bits per heavy atom. The lowest BCUT2D eigenvalue weighted by Crippen LogP contribution is -2.52. The Kier molecular flexibility index (Phi) is 2.77. The molecule has 2 aromatic rings. The SMILES string of the molecule is Cc1cc(CN2C(=O)C3(NC(=O)NC3=O)c3cc(F)ccc32)no1. The molecule has 0 bridgehead atoms. The molecule has 1 aromatic carbocycles. The molecule has 9 heteroatoms. The molecule has 4 rings (SSSR count). The number of aryl methyl sites for hydroxylation is 1. The topological polar surface area (TPSA) is 105 Å². The van der Waals surface area contributed by atoms with E-state index < -0.39 is 29.2 Å². The van der Waals surface area contributed by atoms with Gasteiger partial charge in [-0.1, -0.05) is 5.16 Å². The molecule has 1 fully saturated rings. The van der Waals surface area contributed by atoms with Gasteiger partial charge in [0.2, 0.25) is 5.54 Å². The number of carbonyl (C=O) groups is 3. The number of carbonyl (C=O) groups excluding carboxylic acids is 3. The summed E-state index contributed by atoms with van der Waals surface area (Å²) >= 11 is 0. The average Bonchev–Trinajstić information content (AvgIpc) is 3.13. The summed E-state index contributed by atoms with van der Waals surface area (Å²) < 4.78 is 18.7. The van der Waals surface area contributed by atoms with Gasteiger partial charge < -0.3 is 14.7 Å². The Labute approximate surface area is 134 Å². The van der Waals surface area contributed by atoms with Crippen LogP contribution in [0.4, 0.5) is 14.9 Å². The lowest BCUT2D eigenvalue weighted by molar-refractivity contribution is -0.134. The van der Waals surface area contributed by atoms with Crippen LogP contribution in [0.1, 0.15) is 17.0 Å². The zero-order valence-electron chi connectivity index (χ0n) is 12.4. The highest BCUT2D eigenvalue weighted by Crippen LogP contribution is 2.43. The number of halogens is 1. The van der Waals surface area contributed by atoms with E-state index in [1.165, 1.54) is 17.0 Å². The van der Waals surface area contributed by atoms with Gasteiger partial charge >= 0.3 is 6.03 Å². The highest BCUT2D eigenvalue weighted by Gasteiger charge is 2.61. The van der Waals surface area contributed by atoms with Crippen LogP contribution in [0.3, 0.4) is 0 Å². The molecule has 1 saturated heterocycles. The van der Waals surface area contributed by atoms with E-state index in [-0.39, 0.29) is 12.1 Å². The Hall–Kier alpha value is -3.23. The van der Waals surface area contributed by atoms with Crippen LogP contribution in [0.25, 0.3) is 0 Å². The molecule has 4 amide bonds. The third kappa shape index (κ3) is 1.78. The molecule has 122 valence electrons. The molecule has 1 aromatic heterocycles. The Bertz CT molecular complexity index is 909. The number of hydrogen-bond donors (Lipinski definition) is 2. The minimum atomic E-state index is -1.95. The van der Waals surface area contributed by atoms with Crippen molar-refractivity contribution in [1.29, 1.82) is 0 Å². The van der Waals surface area contributed by atoms with Crippen LogP contribution in [0, 0.1) is 12.7 Å². The quantitative estimate of drug-likeness (QED) is 0.623. The number of hydrogen-bond acceptors (Lipinski definition) is 5. The van der Waals surface area contributed by atoms with Gasteiger partial charge in [-0.3, -0.25) is 14.9 Å². The van der Waals surface area contributed by atoms with Gasteiger partial charge in [0.25, 0.3) is 11.8 Å². The van der Waals surface area contributed by atoms with Crippen molar-refractivity contribution in [2.24, 2.45) is 0 Å². The Morgan fingerprint density at radius 2 is 2.08 bits per heavy atom. The predicted octanol–water partition coefficient (Wildman–Crippen LogP) is 0.704. The normalized spacial score (nSPS) is 22.1. The van der Waals surface area contributed by atoms with Crippen LogP contribution >= 0.6 is 0 Å². The molecule has 2 aliphatic rings. The maximum atomic E-state index is 13.7. The molecule has 2 aliphatic heterocycles. The Balaban J connectivity index is 1.85. The minimum absolute atomic E-state index is 0.0275. The largest absolute Gasteiger partial charge is 0.361 e. The van der Waals surface area contributed by atoms with E-state index in [1.807, 2.05) is 5.32 Å². The molecule has 24 heavy (non-hydrogen) atoms. The molecule has 0 aliphatic carbocycles. The number of benzene rings is 1. The van der Waals surface area contributed by atoms with Crippen molar-refractivity contribution in [3.63, 3.8) is 0 Å². The van der Waals surface area contributed by atoms with Crippen molar-refractivity contribution in [1.82, 2.24) is 15.8 Å². The van der Waals surface area contributed by atoms with E-state index >= 15 is 0 Å². The predicted molar refractivity (Wildman–Crippen MR) is 77.2 cm³/mol. The molecule has 3 heterocycles. The van der Waals surface area contributed by atoms with E-state index in [2.05, 4.69) is 10.5 Å². The van der Waals surface area contributed by atoms with E-state index in [9.17, 15) is 18.8 Å². The van der Waals surface area contributed by atoms with E-state index in [1.54, 1.807) is 13.0 Å². The maximum Gasteiger partial charge on any atom is 0.323 e. The van der Waals surface area contributed by atoms with Crippen molar-refractivity contribution < 1.29 is 23.3 Å². The van der Waals surface area contributed by atoms with Crippen LogP contribution in [-0.2, 0) is 21.7 Å². The fourth-order valence-corrected chi connectivity index (χ4v) is 3.08. The van der Waals surface area contributed by atoms with Gasteiger partial charge in [0, 0.05) is 11.6 Å². The zero-order chi connectivity index (χ0) is 17.1. The van der Waals surface area contributed by atoms with E-state index in [4.69, 9.17) is 4.52 Å². The van der Waals surface area contributed by atoms with Crippen molar-refractivity contribution in [3.8, 4) is 0 Å². The lowest BCUT2D eigenvalue weighted by atomic mass is 9.91. The van der Waals surface area contributed by atoms with E-state index in [0.29, 0.717) is 17.1 Å². The van der Waals surface area contributed by atoms with Gasteiger partial charge in [0.05, 0.1) is 12.2 Å². The smallest absolute Gasteiger partial charge is 0.323 e. The third-order valence-electron chi connectivity index (χ3n) is 4.08. The number of fused-ring (bicyclic) bond motifs is 2. The zero-order valence-corrected chi connectivity index (χ0v) is 12.4. The summed E-state index contributed by atoms with van der Waals surface area (Å²) in [6.45, 7) is 1.73. The number of rotatable bonds is 2. The van der Waals surface area contributed by atoms with E-state index in [0.717, 1.165) is 6.07 Å². The van der Waals surface area contributed by atoms with Gasteiger partial charge in [0.15, 0.2) is 0 Å². The Morgan fingerprint density at radius 3 is 2.71 bits per heavy atom. The summed E-state index contributed by atoms with van der Waals surface area (Å²) in [6, 6.07) is 4.49. The molecule has 1 spiro atoms. The number of imide groups is 1. The van der Waals surface area contributed by atoms with Gasteiger partial charge in [-0.05, 0) is 25.1 Å². The highest BCUT2D eigenvalue weighted by atomic mass is 19.1. The molecule has 0 saturated carbocycles. The summed E-state index contributed by atoms with van der Waals surface area (Å²) in [4.78, 5) is 38.1. The summed E-state index contributed by atoms with van der Waals surface area (Å²) in [5, 5.41) is 8.19. The first kappa shape index (κ1) is 14.4. The van der Waals surface area contributed by atoms with Crippen LogP contribution in [0.5, 0.6) is 0 Å². The summed E-state index contributed by atoms with van der Waals surface area (Å²) in [5.74, 6) is -1.55. The fraction of sp³-hybridized carbons (Fsp3) is 0.200. The standard InChI is InChI=1S/C15H11FN4O4/c1-7-4-9(19-24-7)6-20-11-3-2-8(16)5-10(11)15(13(20)22)12(21)17-14(23)18-15/h2-5H,6H2,1H3,(H2,17,18,21,23). The molecule has 1 atom stereocenters. The third-order valence-corrected chi connectivity index (χ3v) is 4.08. The molecule has 1 unspecified atom stereocenters. The number of nitrogens with one attached hydrogen (secondary N) is 2. The second kappa shape index (κ2) is 4.63. The average molecular weight is 330 g/mol. The monoisotopic (exact) mass is 330 g/mol. The number of amides is 4. The lowest BCUT2D eigenvalue weighted by Gasteiger charge is -2.20. The van der Waals surface area contributed by atoms with Crippen molar-refractivity contribution in [2.45, 2.75) is 19.0 Å². The van der Waals surface area contributed by atoms with Crippen molar-refractivity contribution >= 4 is 23.5 Å². The second-order valence-electron chi connectivity index (χ2n) is 5.64. The molecular formula is C15H11FN4O4. The highest BCUT2D eigenvalue weighted by molar-refractivity contribution is 6.27. The fourth-order valence-electron chi connectivity index (χ4n) is 3.08. The molecule has 0 radical (unpaired) electrons. The first-order valence-electron chi connectivity index (χ1n) is 7.09. The number of aromatic nitrogens is 1. The van der Waals surface area contributed by atoms with Crippen molar-refractivity contribution in [3.05, 3.63) is 47.1 Å². The summed E-state index contributed by atoms with van der Waals surface area (Å²) in [7, 11) is 0. The van der Waals surface area contributed by atoms with Gasteiger partial charge in [0.1, 0.15) is 17.3 Å². The minimum Gasteiger partial charge on any atom is -0.361 e. The summed E-state index contributed by atoms with van der Waals surface area (Å²) in [5.41, 5.74) is -1.05. The second-order valence-corrected chi connectivity index (χ2v) is 5.64.